The predicted octanol–water partition coefficient (Wildman–Crippen LogP) is 2.12. The lowest BCUT2D eigenvalue weighted by atomic mass is 10.2. The van der Waals surface area contributed by atoms with E-state index in [1.54, 1.807) is 7.11 Å². The molecule has 0 radical (unpaired) electrons. The van der Waals surface area contributed by atoms with Gasteiger partial charge in [0.1, 0.15) is 11.6 Å². The van der Waals surface area contributed by atoms with Crippen LogP contribution in [0.1, 0.15) is 5.56 Å². The third-order valence-electron chi connectivity index (χ3n) is 3.96. The van der Waals surface area contributed by atoms with Gasteiger partial charge < -0.3 is 14.6 Å². The second-order valence-electron chi connectivity index (χ2n) is 5.84. The first kappa shape index (κ1) is 18.0. The highest BCUT2D eigenvalue weighted by atomic mass is 19.1. The number of methoxy groups -OCH3 is 1. The van der Waals surface area contributed by atoms with Crippen molar-refractivity contribution in [2.45, 2.75) is 19.3 Å². The number of aromatic nitrogens is 2. The van der Waals surface area contributed by atoms with E-state index < -0.39 is 11.9 Å². The number of rotatable bonds is 7. The van der Waals surface area contributed by atoms with E-state index >= 15 is 0 Å². The molecule has 26 heavy (non-hydrogen) atoms. The highest BCUT2D eigenvalue weighted by Crippen LogP contribution is 2.18. The maximum Gasteiger partial charge on any atom is 0.261 e. The van der Waals surface area contributed by atoms with Gasteiger partial charge in [-0.25, -0.2) is 9.37 Å². The molecule has 0 bridgehead atoms. The summed E-state index contributed by atoms with van der Waals surface area (Å²) in [6, 6.07) is 11.3. The highest BCUT2D eigenvalue weighted by Gasteiger charge is 2.11. The van der Waals surface area contributed by atoms with Crippen LogP contribution in [0, 0.1) is 5.82 Å². The van der Waals surface area contributed by atoms with Gasteiger partial charge in [-0.05, 0) is 18.2 Å². The first-order valence-electron chi connectivity index (χ1n) is 8.11. The van der Waals surface area contributed by atoms with Crippen molar-refractivity contribution >= 4 is 10.9 Å². The third-order valence-corrected chi connectivity index (χ3v) is 3.96. The second kappa shape index (κ2) is 8.07. The number of ether oxygens (including phenoxy) is 2. The zero-order chi connectivity index (χ0) is 18.5. The Bertz CT molecular complexity index is 958. The molecule has 3 rings (SSSR count). The van der Waals surface area contributed by atoms with Crippen LogP contribution in [0.5, 0.6) is 5.75 Å². The van der Waals surface area contributed by atoms with Crippen LogP contribution in [0.15, 0.2) is 53.6 Å². The largest absolute Gasteiger partial charge is 0.496 e. The Morgan fingerprint density at radius 1 is 1.27 bits per heavy atom. The SMILES string of the molecule is COc1ccccc1COCC(O)Cn1cnc2cc(F)ccc2c1=O. The van der Waals surface area contributed by atoms with E-state index in [9.17, 15) is 14.3 Å². The number of halogens is 1. The molecule has 1 unspecified atom stereocenters. The molecule has 0 spiro atoms. The smallest absolute Gasteiger partial charge is 0.261 e. The van der Waals surface area contributed by atoms with Crippen LogP contribution >= 0.6 is 0 Å². The molecule has 2 aromatic carbocycles. The van der Waals surface area contributed by atoms with Gasteiger partial charge in [-0.3, -0.25) is 9.36 Å². The summed E-state index contributed by atoms with van der Waals surface area (Å²) >= 11 is 0. The zero-order valence-electron chi connectivity index (χ0n) is 14.3. The van der Waals surface area contributed by atoms with Crippen LogP contribution in [-0.2, 0) is 17.9 Å². The van der Waals surface area contributed by atoms with Crippen molar-refractivity contribution in [2.75, 3.05) is 13.7 Å². The summed E-state index contributed by atoms with van der Waals surface area (Å²) in [5.74, 6) is 0.260. The number of hydrogen-bond acceptors (Lipinski definition) is 5. The fraction of sp³-hybridized carbons (Fsp3) is 0.263. The van der Waals surface area contributed by atoms with Crippen LogP contribution in [0.4, 0.5) is 4.39 Å². The Morgan fingerprint density at radius 3 is 2.88 bits per heavy atom. The lowest BCUT2D eigenvalue weighted by Gasteiger charge is -2.14. The maximum absolute atomic E-state index is 13.2. The number of nitrogens with zero attached hydrogens (tertiary/aromatic N) is 2. The highest BCUT2D eigenvalue weighted by molar-refractivity contribution is 5.77. The minimum absolute atomic E-state index is 0.0328. The normalized spacial score (nSPS) is 12.3. The van der Waals surface area contributed by atoms with Crippen molar-refractivity contribution in [3.05, 3.63) is 70.5 Å². The maximum atomic E-state index is 13.2. The standard InChI is InChI=1S/C19H19FN2O4/c1-25-18-5-3-2-4-13(18)10-26-11-15(23)9-22-12-21-17-8-14(20)6-7-16(17)19(22)24/h2-8,12,15,23H,9-11H2,1H3. The fourth-order valence-corrected chi connectivity index (χ4v) is 2.67. The molecule has 1 aromatic heterocycles. The van der Waals surface area contributed by atoms with Crippen molar-refractivity contribution in [1.82, 2.24) is 9.55 Å². The average molecular weight is 358 g/mol. The van der Waals surface area contributed by atoms with E-state index in [1.807, 2.05) is 24.3 Å². The van der Waals surface area contributed by atoms with E-state index in [-0.39, 0.29) is 30.8 Å². The van der Waals surface area contributed by atoms with Gasteiger partial charge in [0, 0.05) is 11.6 Å². The van der Waals surface area contributed by atoms with E-state index in [2.05, 4.69) is 4.98 Å². The average Bonchev–Trinajstić information content (AvgIpc) is 2.64. The fourth-order valence-electron chi connectivity index (χ4n) is 2.67. The Hall–Kier alpha value is -2.77. The van der Waals surface area contributed by atoms with Gasteiger partial charge in [0.15, 0.2) is 0 Å². The summed E-state index contributed by atoms with van der Waals surface area (Å²) in [7, 11) is 1.58. The molecule has 0 saturated carbocycles. The molecule has 1 heterocycles. The van der Waals surface area contributed by atoms with Crippen molar-refractivity contribution in [3.8, 4) is 5.75 Å². The molecule has 7 heteroatoms. The monoisotopic (exact) mass is 358 g/mol. The van der Waals surface area contributed by atoms with Crippen molar-refractivity contribution in [3.63, 3.8) is 0 Å². The topological polar surface area (TPSA) is 73.6 Å². The number of fused-ring (bicyclic) bond motifs is 1. The van der Waals surface area contributed by atoms with Crippen molar-refractivity contribution in [1.29, 1.82) is 0 Å². The molecular weight excluding hydrogens is 339 g/mol. The summed E-state index contributed by atoms with van der Waals surface area (Å²) in [5.41, 5.74) is 0.820. The molecule has 136 valence electrons. The number of para-hydroxylation sites is 1. The van der Waals surface area contributed by atoms with Gasteiger partial charge in [0.25, 0.3) is 5.56 Å². The predicted molar refractivity (Wildman–Crippen MR) is 94.6 cm³/mol. The molecule has 0 saturated heterocycles. The van der Waals surface area contributed by atoms with Crippen LogP contribution in [-0.4, -0.2) is 34.5 Å². The number of benzene rings is 2. The molecule has 0 aliphatic carbocycles. The Balaban J connectivity index is 1.62. The summed E-state index contributed by atoms with van der Waals surface area (Å²) in [4.78, 5) is 16.4. The van der Waals surface area contributed by atoms with Crippen molar-refractivity contribution < 1.29 is 19.0 Å². The number of hydrogen-bond donors (Lipinski definition) is 1. The Morgan fingerprint density at radius 2 is 2.08 bits per heavy atom. The van der Waals surface area contributed by atoms with Gasteiger partial charge >= 0.3 is 0 Å². The van der Waals surface area contributed by atoms with Gasteiger partial charge in [-0.2, -0.15) is 0 Å². The molecule has 3 aromatic rings. The molecule has 0 aliphatic rings. The van der Waals surface area contributed by atoms with Gasteiger partial charge in [-0.15, -0.1) is 0 Å². The van der Waals surface area contributed by atoms with E-state index in [0.29, 0.717) is 11.1 Å². The van der Waals surface area contributed by atoms with E-state index in [4.69, 9.17) is 9.47 Å². The van der Waals surface area contributed by atoms with Crippen LogP contribution in [0.25, 0.3) is 10.9 Å². The van der Waals surface area contributed by atoms with Crippen molar-refractivity contribution in [2.24, 2.45) is 0 Å². The minimum Gasteiger partial charge on any atom is -0.496 e. The van der Waals surface area contributed by atoms with Gasteiger partial charge in [0.05, 0.1) is 50.2 Å². The first-order valence-corrected chi connectivity index (χ1v) is 8.11. The second-order valence-corrected chi connectivity index (χ2v) is 5.84. The molecule has 1 atom stereocenters. The van der Waals surface area contributed by atoms with Crippen LogP contribution < -0.4 is 10.3 Å². The van der Waals surface area contributed by atoms with Gasteiger partial charge in [-0.1, -0.05) is 18.2 Å². The summed E-state index contributed by atoms with van der Waals surface area (Å²) in [6.45, 7) is 0.363. The lowest BCUT2D eigenvalue weighted by Crippen LogP contribution is -2.29. The van der Waals surface area contributed by atoms with Gasteiger partial charge in [0.2, 0.25) is 0 Å². The Kier molecular flexibility index (Phi) is 5.60. The number of aliphatic hydroxyl groups is 1. The lowest BCUT2D eigenvalue weighted by molar-refractivity contribution is 0.0192. The van der Waals surface area contributed by atoms with E-state index in [1.165, 1.54) is 29.1 Å². The molecular formula is C19H19FN2O4. The Labute approximate surface area is 149 Å². The third kappa shape index (κ3) is 4.07. The quantitative estimate of drug-likeness (QED) is 0.700. The molecule has 0 aliphatic heterocycles. The number of aliphatic hydroxyl groups excluding tert-OH is 1. The molecule has 1 N–H and O–H groups in total. The molecule has 0 fully saturated rings. The van der Waals surface area contributed by atoms with E-state index in [0.717, 1.165) is 5.56 Å². The minimum atomic E-state index is -0.887. The first-order chi connectivity index (χ1) is 12.6. The molecule has 6 nitrogen and oxygen atoms in total. The summed E-state index contributed by atoms with van der Waals surface area (Å²) in [6.07, 6.45) is 0.412. The van der Waals surface area contributed by atoms with Crippen LogP contribution in [0.3, 0.4) is 0 Å². The molecule has 0 amide bonds. The summed E-state index contributed by atoms with van der Waals surface area (Å²) in [5, 5.41) is 10.4. The zero-order valence-corrected chi connectivity index (χ0v) is 14.3. The summed E-state index contributed by atoms with van der Waals surface area (Å²) < 4.78 is 25.3. The van der Waals surface area contributed by atoms with Crippen LogP contribution in [0.2, 0.25) is 0 Å².